The number of amides is 1. The van der Waals surface area contributed by atoms with Gasteiger partial charge in [-0.2, -0.15) is 23.6 Å². The van der Waals surface area contributed by atoms with E-state index >= 15 is 0 Å². The molecule has 2 heterocycles. The summed E-state index contributed by atoms with van der Waals surface area (Å²) in [7, 11) is 0.0988. The Morgan fingerprint density at radius 1 is 1.17 bits per heavy atom. The van der Waals surface area contributed by atoms with Gasteiger partial charge >= 0.3 is 29.4 Å². The number of nitriles is 1. The number of aromatic nitrogens is 4. The number of benzene rings is 2. The van der Waals surface area contributed by atoms with Crippen molar-refractivity contribution in [3.8, 4) is 46.7 Å². The number of nitrogens with one attached hydrogen (secondary N) is 1. The summed E-state index contributed by atoms with van der Waals surface area (Å²) in [6.45, 7) is 1.63. The second-order valence-electron chi connectivity index (χ2n) is 9.56. The fourth-order valence-electron chi connectivity index (χ4n) is 3.81. The Morgan fingerprint density at radius 2 is 1.91 bits per heavy atom. The molecule has 236 valence electrons. The van der Waals surface area contributed by atoms with Gasteiger partial charge in [-0.05, 0) is 48.4 Å². The van der Waals surface area contributed by atoms with Gasteiger partial charge in [-0.15, -0.1) is 0 Å². The molecule has 46 heavy (non-hydrogen) atoms. The van der Waals surface area contributed by atoms with Gasteiger partial charge in [-0.1, -0.05) is 6.07 Å². The molecule has 0 saturated carbocycles. The lowest BCUT2D eigenvalue weighted by Crippen LogP contribution is -2.29. The molecule has 4 aromatic rings. The first kappa shape index (κ1) is 32.6. The van der Waals surface area contributed by atoms with Crippen LogP contribution in [0.4, 0.5) is 5.69 Å². The predicted octanol–water partition coefficient (Wildman–Crippen LogP) is 2.68. The molecule has 0 saturated heterocycles. The van der Waals surface area contributed by atoms with Gasteiger partial charge in [0.25, 0.3) is 0 Å². The summed E-state index contributed by atoms with van der Waals surface area (Å²) in [5, 5.41) is 31.3. The number of carbonyl (C=O) groups excluding carboxylic acids is 1. The lowest BCUT2D eigenvalue weighted by Gasteiger charge is -2.15. The molecule has 1 atom stereocenters. The molecule has 0 bridgehead atoms. The third kappa shape index (κ3) is 7.97. The summed E-state index contributed by atoms with van der Waals surface area (Å²) in [5.74, 6) is -3.46. The van der Waals surface area contributed by atoms with E-state index < -0.39 is 50.7 Å². The van der Waals surface area contributed by atoms with Crippen molar-refractivity contribution in [3.63, 3.8) is 0 Å². The fraction of sp³-hybridized carbons (Fsp3) is 0.179. The Balaban J connectivity index is 1.91. The number of hydrogen-bond donors (Lipinski definition) is 2. The summed E-state index contributed by atoms with van der Waals surface area (Å²) in [5.41, 5.74) is 0.514. The van der Waals surface area contributed by atoms with Gasteiger partial charge in [0.1, 0.15) is 17.3 Å². The molecule has 17 nitrogen and oxygen atoms in total. The van der Waals surface area contributed by atoms with Crippen molar-refractivity contribution in [2.75, 3.05) is 14.1 Å². The Morgan fingerprint density at radius 3 is 2.52 bits per heavy atom. The van der Waals surface area contributed by atoms with Gasteiger partial charge in [-0.25, -0.2) is 9.78 Å². The van der Waals surface area contributed by atoms with E-state index in [2.05, 4.69) is 19.9 Å². The summed E-state index contributed by atoms with van der Waals surface area (Å²) in [6, 6.07) is 10.3. The molecule has 2 N–H and O–H groups in total. The molecular weight excluding hydrogens is 626 g/mol. The van der Waals surface area contributed by atoms with E-state index in [1.165, 1.54) is 35.4 Å². The minimum atomic E-state index is -3.04. The number of hydrogen-bond acceptors (Lipinski definition) is 13. The normalized spacial score (nSPS) is 11.1. The SMILES string of the molecule is Cc1ccc(C#N)cc1Oc1nc(Oc2cc(CC(=O)N(C)C)cc(-c3ncc[nH]3)c2)c([N+](=O)[O-])c(OC(C=S(=O)=O)C(=O)O)n1. The second kappa shape index (κ2) is 14.0. The average Bonchev–Trinajstić information content (AvgIpc) is 3.52. The minimum absolute atomic E-state index is 0.0566. The number of H-pyrrole nitrogens is 1. The Bertz CT molecular complexity index is 2000. The molecule has 1 amide bonds. The molecule has 0 radical (unpaired) electrons. The number of carbonyl (C=O) groups is 2. The molecule has 4 rings (SSSR count). The van der Waals surface area contributed by atoms with E-state index in [-0.39, 0.29) is 34.8 Å². The smallest absolute Gasteiger partial charge is 0.393 e. The zero-order valence-electron chi connectivity index (χ0n) is 24.2. The van der Waals surface area contributed by atoms with E-state index in [4.69, 9.17) is 14.2 Å². The number of rotatable bonds is 12. The van der Waals surface area contributed by atoms with Crippen molar-refractivity contribution in [2.24, 2.45) is 0 Å². The molecule has 2 aromatic heterocycles. The van der Waals surface area contributed by atoms with Crippen molar-refractivity contribution < 1.29 is 42.2 Å². The van der Waals surface area contributed by atoms with Crippen LogP contribution in [0.2, 0.25) is 0 Å². The van der Waals surface area contributed by atoms with Crippen molar-refractivity contribution in [3.05, 3.63) is 75.6 Å². The number of carboxylic acid groups (broad SMARTS) is 1. The highest BCUT2D eigenvalue weighted by molar-refractivity contribution is 7.71. The molecule has 0 aliphatic rings. The summed E-state index contributed by atoms with van der Waals surface area (Å²) in [6.07, 6.45) is 0.736. The number of aliphatic carboxylic acids is 1. The first-order chi connectivity index (χ1) is 21.8. The van der Waals surface area contributed by atoms with Crippen LogP contribution in [0.3, 0.4) is 0 Å². The second-order valence-corrected chi connectivity index (χ2v) is 10.4. The molecule has 0 aliphatic carbocycles. The van der Waals surface area contributed by atoms with Crippen molar-refractivity contribution in [1.82, 2.24) is 24.8 Å². The predicted molar refractivity (Wildman–Crippen MR) is 158 cm³/mol. The quantitative estimate of drug-likeness (QED) is 0.127. The van der Waals surface area contributed by atoms with Gasteiger partial charge in [0, 0.05) is 32.1 Å². The van der Waals surface area contributed by atoms with Gasteiger partial charge in [0.05, 0.1) is 28.3 Å². The highest BCUT2D eigenvalue weighted by atomic mass is 32.2. The number of imidazole rings is 1. The molecule has 0 spiro atoms. The van der Waals surface area contributed by atoms with Gasteiger partial charge in [0.15, 0.2) is 0 Å². The number of carboxylic acids is 1. The van der Waals surface area contributed by atoms with Crippen LogP contribution in [0.25, 0.3) is 11.4 Å². The topological polar surface area (TPSA) is 241 Å². The fourth-order valence-corrected chi connectivity index (χ4v) is 4.19. The maximum absolute atomic E-state index is 12.5. The van der Waals surface area contributed by atoms with E-state index in [1.54, 1.807) is 39.3 Å². The highest BCUT2D eigenvalue weighted by Crippen LogP contribution is 2.40. The zero-order chi connectivity index (χ0) is 33.5. The van der Waals surface area contributed by atoms with Gasteiger partial charge < -0.3 is 29.2 Å². The lowest BCUT2D eigenvalue weighted by atomic mass is 10.1. The van der Waals surface area contributed by atoms with E-state index in [0.29, 0.717) is 22.5 Å². The number of nitrogens with zero attached hydrogens (tertiary/aromatic N) is 6. The number of aromatic amines is 1. The van der Waals surface area contributed by atoms with Crippen LogP contribution < -0.4 is 14.2 Å². The van der Waals surface area contributed by atoms with Crippen LogP contribution in [-0.2, 0) is 26.3 Å². The van der Waals surface area contributed by atoms with E-state index in [9.17, 15) is 38.5 Å². The van der Waals surface area contributed by atoms with Crippen LogP contribution in [-0.4, -0.2) is 80.7 Å². The summed E-state index contributed by atoms with van der Waals surface area (Å²) >= 11 is 0. The third-order valence-electron chi connectivity index (χ3n) is 6.02. The van der Waals surface area contributed by atoms with E-state index in [1.807, 2.05) is 6.07 Å². The average molecular weight is 650 g/mol. The van der Waals surface area contributed by atoms with Crippen molar-refractivity contribution >= 4 is 33.2 Å². The van der Waals surface area contributed by atoms with Crippen LogP contribution in [0.5, 0.6) is 29.3 Å². The van der Waals surface area contributed by atoms with E-state index in [0.717, 1.165) is 0 Å². The molecule has 1 unspecified atom stereocenters. The maximum Gasteiger partial charge on any atom is 0.393 e. The lowest BCUT2D eigenvalue weighted by molar-refractivity contribution is -0.387. The number of ether oxygens (including phenoxy) is 3. The minimum Gasteiger partial charge on any atom is -0.478 e. The number of aryl methyl sites for hydroxylation is 1. The standard InChI is InChI=1S/C28H23N7O10S/c1-15-4-5-16(13-29)10-20(15)45-28-32-25(23(35(39)40)26(33-28)44-21(27(37)38)14-46(41)42)43-19-9-17(11-22(36)34(2)3)8-18(12-19)24-30-6-7-31-24/h4-10,12,14,21H,11H2,1-3H3,(H,30,31)(H,37,38). The molecule has 18 heteroatoms. The Labute approximate surface area is 261 Å². The Hall–Kier alpha value is -6.35. The third-order valence-corrected chi connectivity index (χ3v) is 6.49. The Kier molecular flexibility index (Phi) is 9.88. The maximum atomic E-state index is 12.5. The molecular formula is C28H23N7O10S. The monoisotopic (exact) mass is 649 g/mol. The van der Waals surface area contributed by atoms with Crippen molar-refractivity contribution in [2.45, 2.75) is 19.4 Å². The first-order valence-corrected chi connectivity index (χ1v) is 14.1. The van der Waals surface area contributed by atoms with Crippen LogP contribution in [0.1, 0.15) is 16.7 Å². The first-order valence-electron chi connectivity index (χ1n) is 12.9. The molecule has 0 fully saturated rings. The summed E-state index contributed by atoms with van der Waals surface area (Å²) < 4.78 is 39.2. The van der Waals surface area contributed by atoms with Gasteiger partial charge in [-0.3, -0.25) is 14.9 Å². The van der Waals surface area contributed by atoms with Gasteiger partial charge in [0.2, 0.25) is 22.3 Å². The molecule has 0 aliphatic heterocycles. The number of nitro groups is 1. The van der Waals surface area contributed by atoms with Crippen LogP contribution in [0, 0.1) is 28.4 Å². The van der Waals surface area contributed by atoms with Crippen LogP contribution in [0.15, 0.2) is 48.8 Å². The highest BCUT2D eigenvalue weighted by Gasteiger charge is 2.33. The largest absolute Gasteiger partial charge is 0.478 e. The zero-order valence-corrected chi connectivity index (χ0v) is 25.0. The summed E-state index contributed by atoms with van der Waals surface area (Å²) in [4.78, 5) is 51.9. The van der Waals surface area contributed by atoms with Crippen LogP contribution >= 0.6 is 0 Å². The molecule has 2 aromatic carbocycles. The number of likely N-dealkylation sites (N-methyl/N-ethyl adjacent to an activating group) is 1. The van der Waals surface area contributed by atoms with Crippen molar-refractivity contribution in [1.29, 1.82) is 5.26 Å².